The number of rotatable bonds is 13. The van der Waals surface area contributed by atoms with Crippen molar-refractivity contribution < 1.29 is 9.22 Å². The molecule has 0 bridgehead atoms. The van der Waals surface area contributed by atoms with Gasteiger partial charge in [-0.2, -0.15) is 0 Å². The van der Waals surface area contributed by atoms with Crippen LogP contribution in [-0.4, -0.2) is 16.5 Å². The van der Waals surface area contributed by atoms with Crippen LogP contribution in [0.5, 0.6) is 0 Å². The highest BCUT2D eigenvalue weighted by Crippen LogP contribution is 2.43. The third kappa shape index (κ3) is 6.54. The Morgan fingerprint density at radius 2 is 1.52 bits per heavy atom. The molecule has 0 amide bonds. The number of carbonyl (C=O) groups is 1. The molecule has 0 saturated carbocycles. The molecule has 126 valence electrons. The van der Waals surface area contributed by atoms with E-state index in [9.17, 15) is 4.79 Å². The first-order chi connectivity index (χ1) is 10.1. The Morgan fingerprint density at radius 3 is 1.95 bits per heavy atom. The monoisotopic (exact) mass is 314 g/mol. The molecule has 0 aromatic rings. The summed E-state index contributed by atoms with van der Waals surface area (Å²) in [6.07, 6.45) is 13.0. The molecule has 0 aliphatic rings. The fourth-order valence-electron chi connectivity index (χ4n) is 3.86. The van der Waals surface area contributed by atoms with Crippen LogP contribution in [-0.2, 0) is 9.22 Å². The first-order valence-electron chi connectivity index (χ1n) is 9.21. The second-order valence-electron chi connectivity index (χ2n) is 6.46. The second-order valence-corrected chi connectivity index (χ2v) is 6.86. The summed E-state index contributed by atoms with van der Waals surface area (Å²) >= 11 is 0. The molecule has 0 heterocycles. The molecule has 0 N–H and O–H groups in total. The van der Waals surface area contributed by atoms with Gasteiger partial charge >= 0.3 is 0 Å². The minimum Gasteiger partial charge on any atom is -0.528 e. The maximum atomic E-state index is 12.6. The zero-order chi connectivity index (χ0) is 16.1. The van der Waals surface area contributed by atoms with Crippen molar-refractivity contribution >= 4 is 16.5 Å². The minimum atomic E-state index is -0.204. The zero-order valence-corrected chi connectivity index (χ0v) is 17.2. The van der Waals surface area contributed by atoms with Crippen molar-refractivity contribution in [3.8, 4) is 0 Å². The summed E-state index contributed by atoms with van der Waals surface area (Å²) in [5.74, 6) is 0.596. The van der Waals surface area contributed by atoms with Gasteiger partial charge < -0.3 is 4.43 Å². The van der Waals surface area contributed by atoms with Gasteiger partial charge in [-0.3, -0.25) is 4.79 Å². The van der Waals surface area contributed by atoms with E-state index in [4.69, 9.17) is 4.43 Å². The van der Waals surface area contributed by atoms with Gasteiger partial charge in [0.15, 0.2) is 0 Å². The van der Waals surface area contributed by atoms with Gasteiger partial charge in [-0.25, -0.2) is 0 Å². The predicted octanol–water partition coefficient (Wildman–Crippen LogP) is 4.78. The van der Waals surface area contributed by atoms with Crippen LogP contribution in [0.25, 0.3) is 0 Å². The second kappa shape index (κ2) is 12.3. The first kappa shape index (κ1) is 20.7. The van der Waals surface area contributed by atoms with Crippen LogP contribution in [0.4, 0.5) is 0 Å². The molecule has 0 aromatic carbocycles. The lowest BCUT2D eigenvalue weighted by atomic mass is 9.66. The third-order valence-electron chi connectivity index (χ3n) is 4.91. The summed E-state index contributed by atoms with van der Waals surface area (Å²) in [6.45, 7) is 8.89. The van der Waals surface area contributed by atoms with Crippen molar-refractivity contribution in [1.82, 2.24) is 0 Å². The van der Waals surface area contributed by atoms with Crippen LogP contribution in [0.1, 0.15) is 98.3 Å². The number of hydrogen-bond donors (Lipinski definition) is 0. The highest BCUT2D eigenvalue weighted by atomic mass is 28.2. The molecular formula is C18H38O2Si. The maximum absolute atomic E-state index is 12.6. The molecule has 0 radical (unpaired) electrons. The van der Waals surface area contributed by atoms with Crippen molar-refractivity contribution in [2.24, 2.45) is 11.3 Å². The highest BCUT2D eigenvalue weighted by Gasteiger charge is 2.43. The first-order valence-corrected chi connectivity index (χ1v) is 10.0. The number of carbonyl (C=O) groups excluding carboxylic acids is 1. The molecule has 0 aliphatic carbocycles. The molecular weight excluding hydrogens is 276 g/mol. The van der Waals surface area contributed by atoms with Gasteiger partial charge in [0.25, 0.3) is 5.97 Å². The molecule has 0 rings (SSSR count). The predicted molar refractivity (Wildman–Crippen MR) is 95.4 cm³/mol. The van der Waals surface area contributed by atoms with E-state index in [1.54, 1.807) is 0 Å². The Morgan fingerprint density at radius 1 is 0.952 bits per heavy atom. The van der Waals surface area contributed by atoms with Gasteiger partial charge in [-0.15, -0.1) is 0 Å². The SMILES string of the molecule is CCCCCCCC(CC)C(CCC)(CCC)C(=O)O[SiH3]. The molecule has 0 aromatic heterocycles. The molecule has 0 aliphatic heterocycles. The quantitative estimate of drug-likeness (QED) is 0.361. The molecule has 0 fully saturated rings. The average molecular weight is 315 g/mol. The van der Waals surface area contributed by atoms with E-state index in [0.717, 1.165) is 32.1 Å². The van der Waals surface area contributed by atoms with Crippen molar-refractivity contribution in [3.05, 3.63) is 0 Å². The van der Waals surface area contributed by atoms with Gasteiger partial charge in [0.1, 0.15) is 0 Å². The fourth-order valence-corrected chi connectivity index (χ4v) is 4.27. The molecule has 21 heavy (non-hydrogen) atoms. The maximum Gasteiger partial charge on any atom is 0.298 e. The zero-order valence-electron chi connectivity index (χ0n) is 15.2. The molecule has 0 saturated heterocycles. The summed E-state index contributed by atoms with van der Waals surface area (Å²) in [5.41, 5.74) is -0.204. The van der Waals surface area contributed by atoms with Crippen molar-refractivity contribution in [2.45, 2.75) is 98.3 Å². The summed E-state index contributed by atoms with van der Waals surface area (Å²) in [5, 5.41) is 0. The van der Waals surface area contributed by atoms with E-state index in [1.807, 2.05) is 0 Å². The van der Waals surface area contributed by atoms with E-state index in [0.29, 0.717) is 16.4 Å². The van der Waals surface area contributed by atoms with Gasteiger partial charge in [-0.05, 0) is 25.2 Å². The normalized spacial score (nSPS) is 13.3. The van der Waals surface area contributed by atoms with Crippen LogP contribution in [0.15, 0.2) is 0 Å². The Kier molecular flexibility index (Phi) is 12.1. The Balaban J connectivity index is 4.83. The summed E-state index contributed by atoms with van der Waals surface area (Å²) in [6, 6.07) is 0. The summed E-state index contributed by atoms with van der Waals surface area (Å²) in [7, 11) is 0.523. The highest BCUT2D eigenvalue weighted by molar-refractivity contribution is 6.06. The summed E-state index contributed by atoms with van der Waals surface area (Å²) < 4.78 is 5.35. The Hall–Kier alpha value is -0.313. The van der Waals surface area contributed by atoms with Crippen molar-refractivity contribution in [1.29, 1.82) is 0 Å². The number of unbranched alkanes of at least 4 members (excludes halogenated alkanes) is 4. The van der Waals surface area contributed by atoms with E-state index in [1.165, 1.54) is 38.5 Å². The van der Waals surface area contributed by atoms with Crippen molar-refractivity contribution in [2.75, 3.05) is 0 Å². The Bertz CT molecular complexity index is 260. The van der Waals surface area contributed by atoms with Crippen LogP contribution in [0.3, 0.4) is 0 Å². The standard InChI is InChI=1S/C18H38O2Si/c1-5-9-10-11-12-13-16(8-4)18(14-6-2,15-7-3)17(19)20-21/h16H,5-15H2,1-4,21H3. The van der Waals surface area contributed by atoms with E-state index in [2.05, 4.69) is 27.7 Å². The third-order valence-corrected chi connectivity index (χ3v) is 5.29. The van der Waals surface area contributed by atoms with Crippen LogP contribution in [0.2, 0.25) is 0 Å². The fraction of sp³-hybridized carbons (Fsp3) is 0.944. The van der Waals surface area contributed by atoms with Crippen LogP contribution < -0.4 is 0 Å². The molecule has 3 heteroatoms. The molecule has 0 spiro atoms. The average Bonchev–Trinajstić information content (AvgIpc) is 2.50. The lowest BCUT2D eigenvalue weighted by molar-refractivity contribution is -0.151. The van der Waals surface area contributed by atoms with Crippen LogP contribution >= 0.6 is 0 Å². The lowest BCUT2D eigenvalue weighted by Gasteiger charge is -2.38. The topological polar surface area (TPSA) is 26.3 Å². The van der Waals surface area contributed by atoms with E-state index in [-0.39, 0.29) is 11.4 Å². The van der Waals surface area contributed by atoms with Crippen LogP contribution in [0, 0.1) is 11.3 Å². The molecule has 1 atom stereocenters. The Labute approximate surface area is 136 Å². The van der Waals surface area contributed by atoms with Gasteiger partial charge in [0.2, 0.25) is 10.5 Å². The minimum absolute atomic E-state index is 0.0956. The van der Waals surface area contributed by atoms with Gasteiger partial charge in [-0.1, -0.05) is 79.1 Å². The van der Waals surface area contributed by atoms with Gasteiger partial charge in [0, 0.05) is 0 Å². The summed E-state index contributed by atoms with van der Waals surface area (Å²) in [4.78, 5) is 12.6. The molecule has 2 nitrogen and oxygen atoms in total. The van der Waals surface area contributed by atoms with Crippen molar-refractivity contribution in [3.63, 3.8) is 0 Å². The smallest absolute Gasteiger partial charge is 0.298 e. The van der Waals surface area contributed by atoms with Gasteiger partial charge in [0.05, 0.1) is 5.41 Å². The van der Waals surface area contributed by atoms with E-state index < -0.39 is 0 Å². The molecule has 1 unspecified atom stereocenters. The van der Waals surface area contributed by atoms with E-state index >= 15 is 0 Å². The number of hydrogen-bond acceptors (Lipinski definition) is 2. The largest absolute Gasteiger partial charge is 0.528 e. The lowest BCUT2D eigenvalue weighted by Crippen LogP contribution is -2.40.